The van der Waals surface area contributed by atoms with Crippen molar-refractivity contribution in [3.05, 3.63) is 5.56 Å². The number of aromatic nitrogens is 1. The van der Waals surface area contributed by atoms with Crippen LogP contribution in [0.2, 0.25) is 0 Å². The van der Waals surface area contributed by atoms with Gasteiger partial charge in [-0.2, -0.15) is 4.37 Å². The van der Waals surface area contributed by atoms with Crippen LogP contribution in [0.1, 0.15) is 24.8 Å². The molecule has 1 aromatic rings. The molecule has 0 spiro atoms. The second kappa shape index (κ2) is 3.35. The van der Waals surface area contributed by atoms with E-state index in [1.165, 1.54) is 24.4 Å². The van der Waals surface area contributed by atoms with Gasteiger partial charge in [0, 0.05) is 5.56 Å². The maximum atomic E-state index is 5.79. The molecule has 2 saturated heterocycles. The minimum Gasteiger partial charge on any atom is -0.383 e. The number of hydrogen-bond donors (Lipinski definition) is 2. The minimum atomic E-state index is 0.401. The molecule has 0 aliphatic carbocycles. The first-order valence-corrected chi connectivity index (χ1v) is 6.15. The molecule has 0 radical (unpaired) electrons. The summed E-state index contributed by atoms with van der Waals surface area (Å²) in [5.41, 5.74) is 6.79. The van der Waals surface area contributed by atoms with Gasteiger partial charge in [-0.15, -0.1) is 0 Å². The number of nitrogens with two attached hydrogens (primary N) is 1. The fourth-order valence-corrected chi connectivity index (χ4v) is 3.21. The molecule has 3 rings (SSSR count). The molecule has 3 atom stereocenters. The van der Waals surface area contributed by atoms with Crippen LogP contribution in [0.5, 0.6) is 0 Å². The Bertz CT molecular complexity index is 379. The van der Waals surface area contributed by atoms with Crippen molar-refractivity contribution in [1.29, 1.82) is 0 Å². The van der Waals surface area contributed by atoms with Crippen molar-refractivity contribution in [2.24, 2.45) is 0 Å². The van der Waals surface area contributed by atoms with E-state index >= 15 is 0 Å². The van der Waals surface area contributed by atoms with Crippen LogP contribution >= 0.6 is 11.5 Å². The van der Waals surface area contributed by atoms with Gasteiger partial charge in [0.2, 0.25) is 0 Å². The Hall–Kier alpha value is -0.810. The number of fused-ring (bicyclic) bond motifs is 2. The Balaban J connectivity index is 1.73. The third-order valence-electron chi connectivity index (χ3n) is 3.38. The van der Waals surface area contributed by atoms with E-state index in [0.29, 0.717) is 24.1 Å². The number of nitrogen functional groups attached to an aromatic ring is 1. The van der Waals surface area contributed by atoms with E-state index in [1.54, 1.807) is 0 Å². The van der Waals surface area contributed by atoms with Crippen LogP contribution in [0.15, 0.2) is 0 Å². The van der Waals surface area contributed by atoms with Crippen molar-refractivity contribution in [3.8, 4) is 0 Å². The Labute approximate surface area is 93.0 Å². The molecule has 1 aromatic heterocycles. The van der Waals surface area contributed by atoms with Gasteiger partial charge in [-0.3, -0.25) is 0 Å². The molecule has 3 heterocycles. The van der Waals surface area contributed by atoms with Crippen molar-refractivity contribution in [3.63, 3.8) is 0 Å². The SMILES string of the molecule is Cc1c(N)nsc1NC1CC2CCC1O2. The van der Waals surface area contributed by atoms with Gasteiger partial charge >= 0.3 is 0 Å². The van der Waals surface area contributed by atoms with Gasteiger partial charge in [-0.1, -0.05) is 0 Å². The maximum Gasteiger partial charge on any atom is 0.142 e. The number of nitrogens with one attached hydrogen (secondary N) is 1. The smallest absolute Gasteiger partial charge is 0.142 e. The molecule has 4 nitrogen and oxygen atoms in total. The monoisotopic (exact) mass is 225 g/mol. The van der Waals surface area contributed by atoms with Gasteiger partial charge in [0.25, 0.3) is 0 Å². The lowest BCUT2D eigenvalue weighted by atomic mass is 9.95. The zero-order valence-corrected chi connectivity index (χ0v) is 9.51. The first kappa shape index (κ1) is 9.42. The van der Waals surface area contributed by atoms with Gasteiger partial charge in [0.15, 0.2) is 0 Å². The highest BCUT2D eigenvalue weighted by Crippen LogP contribution is 2.37. The molecule has 0 aromatic carbocycles. The van der Waals surface area contributed by atoms with E-state index in [9.17, 15) is 0 Å². The van der Waals surface area contributed by atoms with Crippen molar-refractivity contribution < 1.29 is 4.74 Å². The first-order chi connectivity index (χ1) is 7.24. The molecule has 3 N–H and O–H groups in total. The van der Waals surface area contributed by atoms with Crippen molar-refractivity contribution >= 4 is 22.4 Å². The van der Waals surface area contributed by atoms with E-state index in [2.05, 4.69) is 9.69 Å². The molecule has 82 valence electrons. The third kappa shape index (κ3) is 1.50. The van der Waals surface area contributed by atoms with Crippen molar-refractivity contribution in [2.75, 3.05) is 11.1 Å². The van der Waals surface area contributed by atoms with E-state index in [-0.39, 0.29) is 0 Å². The zero-order chi connectivity index (χ0) is 10.4. The summed E-state index contributed by atoms with van der Waals surface area (Å²) in [7, 11) is 0. The van der Waals surface area contributed by atoms with Gasteiger partial charge in [0.05, 0.1) is 18.2 Å². The first-order valence-electron chi connectivity index (χ1n) is 5.38. The molecule has 2 aliphatic heterocycles. The average molecular weight is 225 g/mol. The summed E-state index contributed by atoms with van der Waals surface area (Å²) in [6.07, 6.45) is 4.43. The van der Waals surface area contributed by atoms with Crippen molar-refractivity contribution in [1.82, 2.24) is 4.37 Å². The lowest BCUT2D eigenvalue weighted by Crippen LogP contribution is -2.30. The topological polar surface area (TPSA) is 60.2 Å². The normalized spacial score (nSPS) is 33.5. The standard InChI is InChI=1S/C10H15N3OS/c1-5-9(11)13-15-10(5)12-7-4-6-2-3-8(7)14-6/h6-8,12H,2-4H2,1H3,(H2,11,13). The molecule has 15 heavy (non-hydrogen) atoms. The number of hydrogen-bond acceptors (Lipinski definition) is 5. The van der Waals surface area contributed by atoms with E-state index in [1.807, 2.05) is 6.92 Å². The third-order valence-corrected chi connectivity index (χ3v) is 4.28. The van der Waals surface area contributed by atoms with Crippen LogP contribution in [0.3, 0.4) is 0 Å². The molecule has 2 aliphatic rings. The number of rotatable bonds is 2. The lowest BCUT2D eigenvalue weighted by molar-refractivity contribution is 0.102. The highest BCUT2D eigenvalue weighted by Gasteiger charge is 2.40. The highest BCUT2D eigenvalue weighted by molar-refractivity contribution is 7.10. The number of anilines is 2. The molecular weight excluding hydrogens is 210 g/mol. The second-order valence-electron chi connectivity index (χ2n) is 4.38. The van der Waals surface area contributed by atoms with Crippen LogP contribution in [-0.4, -0.2) is 22.6 Å². The van der Waals surface area contributed by atoms with Gasteiger partial charge in [0.1, 0.15) is 10.8 Å². The van der Waals surface area contributed by atoms with Crippen LogP contribution in [0, 0.1) is 6.92 Å². The quantitative estimate of drug-likeness (QED) is 0.805. The summed E-state index contributed by atoms with van der Waals surface area (Å²) in [6, 6.07) is 0.460. The van der Waals surface area contributed by atoms with Crippen LogP contribution in [0.25, 0.3) is 0 Å². The maximum absolute atomic E-state index is 5.79. The molecule has 5 heteroatoms. The predicted octanol–water partition coefficient (Wildman–Crippen LogP) is 1.77. The molecular formula is C10H15N3OS. The number of nitrogens with zero attached hydrogens (tertiary/aromatic N) is 1. The minimum absolute atomic E-state index is 0.401. The lowest BCUT2D eigenvalue weighted by Gasteiger charge is -2.20. The molecule has 2 fully saturated rings. The Kier molecular flexibility index (Phi) is 2.10. The van der Waals surface area contributed by atoms with Gasteiger partial charge < -0.3 is 15.8 Å². The highest BCUT2D eigenvalue weighted by atomic mass is 32.1. The van der Waals surface area contributed by atoms with Crippen LogP contribution in [-0.2, 0) is 4.74 Å². The molecule has 2 bridgehead atoms. The summed E-state index contributed by atoms with van der Waals surface area (Å²) >= 11 is 1.45. The summed E-state index contributed by atoms with van der Waals surface area (Å²) in [5.74, 6) is 0.645. The summed E-state index contributed by atoms with van der Waals surface area (Å²) in [6.45, 7) is 2.01. The average Bonchev–Trinajstić information content (AvgIpc) is 2.89. The van der Waals surface area contributed by atoms with Gasteiger partial charge in [-0.05, 0) is 37.7 Å². The second-order valence-corrected chi connectivity index (χ2v) is 5.16. The summed E-state index contributed by atoms with van der Waals surface area (Å²) < 4.78 is 9.93. The summed E-state index contributed by atoms with van der Waals surface area (Å²) in [5, 5.41) is 4.62. The molecule has 0 saturated carbocycles. The van der Waals surface area contributed by atoms with Gasteiger partial charge in [-0.25, -0.2) is 0 Å². The Morgan fingerprint density at radius 3 is 2.93 bits per heavy atom. The Morgan fingerprint density at radius 1 is 1.53 bits per heavy atom. The molecule has 3 unspecified atom stereocenters. The van der Waals surface area contributed by atoms with E-state index in [4.69, 9.17) is 10.5 Å². The fraction of sp³-hybridized carbons (Fsp3) is 0.700. The van der Waals surface area contributed by atoms with E-state index in [0.717, 1.165) is 17.0 Å². The predicted molar refractivity (Wildman–Crippen MR) is 61.2 cm³/mol. The van der Waals surface area contributed by atoms with Crippen LogP contribution in [0.4, 0.5) is 10.8 Å². The summed E-state index contributed by atoms with van der Waals surface area (Å²) in [4.78, 5) is 0. The fourth-order valence-electron chi connectivity index (χ4n) is 2.44. The van der Waals surface area contributed by atoms with Crippen LogP contribution < -0.4 is 11.1 Å². The number of ether oxygens (including phenoxy) is 1. The zero-order valence-electron chi connectivity index (χ0n) is 8.69. The molecule has 0 amide bonds. The van der Waals surface area contributed by atoms with Crippen molar-refractivity contribution in [2.45, 2.75) is 44.4 Å². The largest absolute Gasteiger partial charge is 0.383 e. The van der Waals surface area contributed by atoms with E-state index < -0.39 is 0 Å². The Morgan fingerprint density at radius 2 is 2.40 bits per heavy atom.